The van der Waals surface area contributed by atoms with Gasteiger partial charge in [-0.25, -0.2) is 13.6 Å². The normalized spacial score (nSPS) is 11.3. The van der Waals surface area contributed by atoms with Crippen molar-refractivity contribution in [3.05, 3.63) is 29.3 Å². The van der Waals surface area contributed by atoms with Crippen LogP contribution >= 0.6 is 0 Å². The minimum absolute atomic E-state index is 0.299. The summed E-state index contributed by atoms with van der Waals surface area (Å²) in [4.78, 5) is 11.6. The maximum Gasteiger partial charge on any atom is 0.340 e. The topological polar surface area (TPSA) is 52.3 Å². The number of nitrogens with two attached hydrogens (primary N) is 1. The number of carbonyl (C=O) groups is 1. The summed E-state index contributed by atoms with van der Waals surface area (Å²) in [5, 5.41) is 0. The van der Waals surface area contributed by atoms with E-state index in [1.54, 1.807) is 20.8 Å². The summed E-state index contributed by atoms with van der Waals surface area (Å²) in [7, 11) is 0. The molecule has 0 aromatic heterocycles. The first-order valence-corrected chi connectivity index (χ1v) is 4.68. The molecule has 1 rings (SSSR count). The summed E-state index contributed by atoms with van der Waals surface area (Å²) in [5.41, 5.74) is 3.88. The molecule has 16 heavy (non-hydrogen) atoms. The third kappa shape index (κ3) is 2.92. The number of nitrogen functional groups attached to an aromatic ring is 1. The van der Waals surface area contributed by atoms with Crippen LogP contribution in [0.5, 0.6) is 0 Å². The second-order valence-electron chi connectivity index (χ2n) is 4.35. The van der Waals surface area contributed by atoms with Gasteiger partial charge >= 0.3 is 5.97 Å². The predicted octanol–water partition coefficient (Wildman–Crippen LogP) is 2.50. The molecule has 0 heterocycles. The molecule has 0 spiro atoms. The van der Waals surface area contributed by atoms with Crippen molar-refractivity contribution in [2.75, 3.05) is 5.73 Å². The van der Waals surface area contributed by atoms with Crippen LogP contribution < -0.4 is 5.73 Å². The van der Waals surface area contributed by atoms with E-state index in [9.17, 15) is 13.6 Å². The summed E-state index contributed by atoms with van der Waals surface area (Å²) >= 11 is 0. The highest BCUT2D eigenvalue weighted by Gasteiger charge is 2.22. The number of benzene rings is 1. The average Bonchev–Trinajstić information content (AvgIpc) is 2.08. The zero-order valence-electron chi connectivity index (χ0n) is 9.30. The van der Waals surface area contributed by atoms with Gasteiger partial charge < -0.3 is 10.5 Å². The molecule has 3 nitrogen and oxygen atoms in total. The van der Waals surface area contributed by atoms with Crippen molar-refractivity contribution in [3.63, 3.8) is 0 Å². The van der Waals surface area contributed by atoms with Crippen LogP contribution in [0, 0.1) is 11.6 Å². The molecule has 2 N–H and O–H groups in total. The summed E-state index contributed by atoms with van der Waals surface area (Å²) < 4.78 is 30.9. The van der Waals surface area contributed by atoms with Crippen molar-refractivity contribution in [1.29, 1.82) is 0 Å². The Kier molecular flexibility index (Phi) is 3.16. The first-order chi connectivity index (χ1) is 7.20. The zero-order chi connectivity index (χ0) is 12.5. The number of halogens is 2. The third-order valence-corrected chi connectivity index (χ3v) is 1.71. The van der Waals surface area contributed by atoms with Crippen molar-refractivity contribution in [2.24, 2.45) is 0 Å². The van der Waals surface area contributed by atoms with Gasteiger partial charge in [0.1, 0.15) is 17.2 Å². The van der Waals surface area contributed by atoms with Gasteiger partial charge in [-0.3, -0.25) is 0 Å². The van der Waals surface area contributed by atoms with Gasteiger partial charge in [0.05, 0.1) is 11.3 Å². The summed E-state index contributed by atoms with van der Waals surface area (Å²) in [6.07, 6.45) is 0. The van der Waals surface area contributed by atoms with Crippen LogP contribution in [0.25, 0.3) is 0 Å². The van der Waals surface area contributed by atoms with Gasteiger partial charge in [-0.1, -0.05) is 0 Å². The highest BCUT2D eigenvalue weighted by atomic mass is 19.1. The van der Waals surface area contributed by atoms with E-state index in [2.05, 4.69) is 0 Å². The molecule has 0 aliphatic rings. The molecule has 0 aliphatic heterocycles. The Morgan fingerprint density at radius 2 is 1.88 bits per heavy atom. The molecule has 0 fully saturated rings. The van der Waals surface area contributed by atoms with E-state index in [-0.39, 0.29) is 5.56 Å². The van der Waals surface area contributed by atoms with E-state index >= 15 is 0 Å². The first kappa shape index (κ1) is 12.4. The largest absolute Gasteiger partial charge is 0.456 e. The lowest BCUT2D eigenvalue weighted by atomic mass is 10.1. The molecule has 0 unspecified atom stereocenters. The Bertz CT molecular complexity index is 425. The van der Waals surface area contributed by atoms with Crippen LogP contribution in [0.2, 0.25) is 0 Å². The fraction of sp³-hybridized carbons (Fsp3) is 0.364. The van der Waals surface area contributed by atoms with Crippen LogP contribution in [-0.2, 0) is 4.74 Å². The Balaban J connectivity index is 3.09. The van der Waals surface area contributed by atoms with Crippen LogP contribution in [0.4, 0.5) is 14.5 Å². The molecule has 0 saturated heterocycles. The zero-order valence-corrected chi connectivity index (χ0v) is 9.30. The van der Waals surface area contributed by atoms with E-state index in [1.165, 1.54) is 0 Å². The van der Waals surface area contributed by atoms with Gasteiger partial charge in [0, 0.05) is 6.07 Å². The molecule has 0 saturated carbocycles. The van der Waals surface area contributed by atoms with E-state index < -0.39 is 28.9 Å². The third-order valence-electron chi connectivity index (χ3n) is 1.71. The predicted molar refractivity (Wildman–Crippen MR) is 55.9 cm³/mol. The fourth-order valence-corrected chi connectivity index (χ4v) is 1.09. The van der Waals surface area contributed by atoms with Crippen molar-refractivity contribution in [1.82, 2.24) is 0 Å². The molecular formula is C11H13F2NO2. The molecule has 1 aromatic rings. The van der Waals surface area contributed by atoms with Crippen molar-refractivity contribution >= 4 is 11.7 Å². The number of anilines is 1. The Morgan fingerprint density at radius 3 is 2.38 bits per heavy atom. The fourth-order valence-electron chi connectivity index (χ4n) is 1.09. The van der Waals surface area contributed by atoms with Gasteiger partial charge in [-0.15, -0.1) is 0 Å². The SMILES string of the molecule is CC(C)(C)OC(=O)c1cc(F)cc(F)c1N. The highest BCUT2D eigenvalue weighted by molar-refractivity contribution is 5.95. The molecule has 88 valence electrons. The Labute approximate surface area is 92.2 Å². The van der Waals surface area contributed by atoms with E-state index in [0.717, 1.165) is 6.07 Å². The quantitative estimate of drug-likeness (QED) is 0.594. The van der Waals surface area contributed by atoms with Crippen LogP contribution in [-0.4, -0.2) is 11.6 Å². The molecule has 1 aromatic carbocycles. The number of hydrogen-bond acceptors (Lipinski definition) is 3. The minimum Gasteiger partial charge on any atom is -0.456 e. The van der Waals surface area contributed by atoms with Crippen molar-refractivity contribution in [2.45, 2.75) is 26.4 Å². The highest BCUT2D eigenvalue weighted by Crippen LogP contribution is 2.21. The second-order valence-corrected chi connectivity index (χ2v) is 4.35. The molecule has 0 amide bonds. The lowest BCUT2D eigenvalue weighted by Crippen LogP contribution is -2.24. The minimum atomic E-state index is -0.971. The number of ether oxygens (including phenoxy) is 1. The van der Waals surface area contributed by atoms with Crippen molar-refractivity contribution < 1.29 is 18.3 Å². The summed E-state index contributed by atoms with van der Waals surface area (Å²) in [5.74, 6) is -2.68. The molecule has 5 heteroatoms. The molecule has 0 aliphatic carbocycles. The Hall–Kier alpha value is -1.65. The average molecular weight is 229 g/mol. The van der Waals surface area contributed by atoms with Gasteiger partial charge in [-0.2, -0.15) is 0 Å². The van der Waals surface area contributed by atoms with E-state index in [4.69, 9.17) is 10.5 Å². The number of rotatable bonds is 1. The van der Waals surface area contributed by atoms with Gasteiger partial charge in [0.2, 0.25) is 0 Å². The number of esters is 1. The molecule has 0 atom stereocenters. The lowest BCUT2D eigenvalue weighted by molar-refractivity contribution is 0.00698. The lowest BCUT2D eigenvalue weighted by Gasteiger charge is -2.20. The van der Waals surface area contributed by atoms with Gasteiger partial charge in [-0.05, 0) is 26.8 Å². The number of hydrogen-bond donors (Lipinski definition) is 1. The molecular weight excluding hydrogens is 216 g/mol. The number of carbonyl (C=O) groups excluding carboxylic acids is 1. The summed E-state index contributed by atoms with van der Waals surface area (Å²) in [6.45, 7) is 4.95. The second kappa shape index (κ2) is 4.08. The van der Waals surface area contributed by atoms with Gasteiger partial charge in [0.25, 0.3) is 0 Å². The maximum absolute atomic E-state index is 13.1. The monoisotopic (exact) mass is 229 g/mol. The summed E-state index contributed by atoms with van der Waals surface area (Å²) in [6, 6.07) is 1.47. The standard InChI is InChI=1S/C11H13F2NO2/c1-11(2,3)16-10(15)7-4-6(12)5-8(13)9(7)14/h4-5H,14H2,1-3H3. The molecule has 0 radical (unpaired) electrons. The van der Waals surface area contributed by atoms with Crippen LogP contribution in [0.3, 0.4) is 0 Å². The first-order valence-electron chi connectivity index (χ1n) is 4.68. The van der Waals surface area contributed by atoms with E-state index in [1.807, 2.05) is 0 Å². The molecule has 0 bridgehead atoms. The van der Waals surface area contributed by atoms with Crippen LogP contribution in [0.1, 0.15) is 31.1 Å². The van der Waals surface area contributed by atoms with Crippen molar-refractivity contribution in [3.8, 4) is 0 Å². The van der Waals surface area contributed by atoms with Crippen LogP contribution in [0.15, 0.2) is 12.1 Å². The van der Waals surface area contributed by atoms with Gasteiger partial charge in [0.15, 0.2) is 0 Å². The van der Waals surface area contributed by atoms with E-state index in [0.29, 0.717) is 6.07 Å². The Morgan fingerprint density at radius 1 is 1.31 bits per heavy atom. The smallest absolute Gasteiger partial charge is 0.340 e. The maximum atomic E-state index is 13.1.